The maximum absolute atomic E-state index is 12.2. The summed E-state index contributed by atoms with van der Waals surface area (Å²) in [4.78, 5) is 69.8. The lowest BCUT2D eigenvalue weighted by atomic mass is 9.85. The lowest BCUT2D eigenvalue weighted by Crippen LogP contribution is -2.18. The van der Waals surface area contributed by atoms with Gasteiger partial charge in [0.15, 0.2) is 0 Å². The van der Waals surface area contributed by atoms with Crippen molar-refractivity contribution in [2.75, 3.05) is 49.0 Å². The first-order chi connectivity index (χ1) is 25.0. The van der Waals surface area contributed by atoms with Crippen LogP contribution in [0.5, 0.6) is 0 Å². The number of carboxylic acid groups (broad SMARTS) is 1. The number of carboxylic acids is 1. The minimum absolute atomic E-state index is 0.0190. The van der Waals surface area contributed by atoms with Crippen molar-refractivity contribution in [1.29, 1.82) is 0 Å². The van der Waals surface area contributed by atoms with E-state index in [2.05, 4.69) is 35.7 Å². The van der Waals surface area contributed by atoms with Crippen LogP contribution in [0, 0.1) is 0 Å². The second-order valence-electron chi connectivity index (χ2n) is 10.5. The standard InChI is InChI=1S/C37H37N3O12/c1-4-31(41)48-20-22-51-36(46)39-29-14-8-26(9-15-29)33(25-6-12-28(13-7-25)38-35(45)50-19-18-24(3)34(43)44)27-10-16-30(17-11-27)40-37(47)52-23-21-49-32(42)5-2/h4-17,33H,1-3,18-23H2,(H,38,45)(H,39,46)(H,40,47)(H,43,44). The van der Waals surface area contributed by atoms with Crippen LogP contribution in [-0.4, -0.2) is 74.3 Å². The summed E-state index contributed by atoms with van der Waals surface area (Å²) < 4.78 is 24.7. The molecule has 3 aromatic carbocycles. The monoisotopic (exact) mass is 715 g/mol. The maximum Gasteiger partial charge on any atom is 0.411 e. The first-order valence-electron chi connectivity index (χ1n) is 15.6. The van der Waals surface area contributed by atoms with Gasteiger partial charge in [0, 0.05) is 47.1 Å². The summed E-state index contributed by atoms with van der Waals surface area (Å²) >= 11 is 0. The molecule has 52 heavy (non-hydrogen) atoms. The highest BCUT2D eigenvalue weighted by atomic mass is 16.6. The summed E-state index contributed by atoms with van der Waals surface area (Å²) in [7, 11) is 0. The van der Waals surface area contributed by atoms with Gasteiger partial charge < -0.3 is 28.8 Å². The van der Waals surface area contributed by atoms with Gasteiger partial charge in [-0.1, -0.05) is 56.1 Å². The fraction of sp³-hybridized carbons (Fsp3) is 0.189. The molecule has 0 bridgehead atoms. The minimum Gasteiger partial charge on any atom is -0.478 e. The Morgan fingerprint density at radius 3 is 1.15 bits per heavy atom. The molecule has 0 saturated carbocycles. The Morgan fingerprint density at radius 1 is 0.538 bits per heavy atom. The zero-order chi connectivity index (χ0) is 37.9. The van der Waals surface area contributed by atoms with Crippen molar-refractivity contribution < 1.29 is 57.6 Å². The molecular formula is C37H37N3O12. The molecule has 0 aromatic heterocycles. The van der Waals surface area contributed by atoms with Gasteiger partial charge in [-0.3, -0.25) is 16.0 Å². The highest BCUT2D eigenvalue weighted by molar-refractivity contribution is 5.87. The molecular weight excluding hydrogens is 678 g/mol. The molecule has 272 valence electrons. The largest absolute Gasteiger partial charge is 0.478 e. The van der Waals surface area contributed by atoms with Gasteiger partial charge in [0.05, 0.1) is 6.61 Å². The number of esters is 2. The molecule has 0 radical (unpaired) electrons. The molecule has 0 aliphatic rings. The van der Waals surface area contributed by atoms with Gasteiger partial charge in [0.25, 0.3) is 0 Å². The summed E-state index contributed by atoms with van der Waals surface area (Å²) in [5.74, 6) is -2.79. The van der Waals surface area contributed by atoms with E-state index in [-0.39, 0.29) is 50.9 Å². The van der Waals surface area contributed by atoms with Crippen LogP contribution in [0.15, 0.2) is 110 Å². The van der Waals surface area contributed by atoms with E-state index >= 15 is 0 Å². The number of nitrogens with one attached hydrogen (secondary N) is 3. The molecule has 15 heteroatoms. The normalized spacial score (nSPS) is 10.2. The third kappa shape index (κ3) is 13.5. The summed E-state index contributed by atoms with van der Waals surface area (Å²) in [6.45, 7) is 9.27. The van der Waals surface area contributed by atoms with Gasteiger partial charge in [-0.2, -0.15) is 0 Å². The van der Waals surface area contributed by atoms with Crippen molar-refractivity contribution in [3.05, 3.63) is 127 Å². The average molecular weight is 716 g/mol. The summed E-state index contributed by atoms with van der Waals surface area (Å²) in [5, 5.41) is 16.7. The minimum atomic E-state index is -1.17. The van der Waals surface area contributed by atoms with Gasteiger partial charge in [0.1, 0.15) is 26.4 Å². The maximum atomic E-state index is 12.2. The number of amides is 3. The lowest BCUT2D eigenvalue weighted by molar-refractivity contribution is -0.139. The van der Waals surface area contributed by atoms with Crippen LogP contribution >= 0.6 is 0 Å². The van der Waals surface area contributed by atoms with Crippen LogP contribution in [0.1, 0.15) is 29.0 Å². The third-order valence-corrected chi connectivity index (χ3v) is 6.87. The summed E-state index contributed by atoms with van der Waals surface area (Å²) in [6, 6.07) is 20.9. The first-order valence-corrected chi connectivity index (χ1v) is 15.6. The van der Waals surface area contributed by atoms with E-state index in [4.69, 9.17) is 28.8 Å². The number of carbonyl (C=O) groups is 6. The zero-order valence-corrected chi connectivity index (χ0v) is 28.0. The Hall–Kier alpha value is -6.90. The highest BCUT2D eigenvalue weighted by Gasteiger charge is 2.18. The van der Waals surface area contributed by atoms with Crippen LogP contribution in [0.4, 0.5) is 31.4 Å². The number of benzene rings is 3. The van der Waals surface area contributed by atoms with Gasteiger partial charge >= 0.3 is 36.2 Å². The first kappa shape index (κ1) is 39.5. The van der Waals surface area contributed by atoms with Crippen molar-refractivity contribution in [3.63, 3.8) is 0 Å². The third-order valence-electron chi connectivity index (χ3n) is 6.87. The van der Waals surface area contributed by atoms with Gasteiger partial charge in [-0.05, 0) is 53.1 Å². The van der Waals surface area contributed by atoms with Crippen LogP contribution in [0.3, 0.4) is 0 Å². The Bertz CT molecular complexity index is 1670. The van der Waals surface area contributed by atoms with Crippen molar-refractivity contribution in [1.82, 2.24) is 0 Å². The molecule has 0 saturated heterocycles. The molecule has 0 atom stereocenters. The van der Waals surface area contributed by atoms with E-state index < -0.39 is 36.2 Å². The van der Waals surface area contributed by atoms with Crippen LogP contribution in [-0.2, 0) is 38.1 Å². The topological polar surface area (TPSA) is 205 Å². The van der Waals surface area contributed by atoms with Crippen molar-refractivity contribution in [2.24, 2.45) is 0 Å². The fourth-order valence-corrected chi connectivity index (χ4v) is 4.36. The highest BCUT2D eigenvalue weighted by Crippen LogP contribution is 2.34. The molecule has 0 aliphatic heterocycles. The summed E-state index contributed by atoms with van der Waals surface area (Å²) in [6.07, 6.45) is -0.266. The molecule has 3 rings (SSSR count). The van der Waals surface area contributed by atoms with E-state index in [1.807, 2.05) is 24.3 Å². The van der Waals surface area contributed by atoms with Gasteiger partial charge in [-0.15, -0.1) is 0 Å². The summed E-state index contributed by atoms with van der Waals surface area (Å²) in [5.41, 5.74) is 3.70. The molecule has 3 aromatic rings. The molecule has 4 N–H and O–H groups in total. The second kappa shape index (κ2) is 20.6. The zero-order valence-electron chi connectivity index (χ0n) is 28.0. The lowest BCUT2D eigenvalue weighted by Gasteiger charge is -2.20. The second-order valence-corrected chi connectivity index (χ2v) is 10.5. The van der Waals surface area contributed by atoms with E-state index in [9.17, 15) is 28.8 Å². The molecule has 0 spiro atoms. The van der Waals surface area contributed by atoms with Crippen molar-refractivity contribution >= 4 is 53.2 Å². The number of aliphatic carboxylic acids is 1. The SMILES string of the molecule is C=CC(=O)OCCOC(=O)Nc1ccc(C(c2ccc(NC(=O)OCCOC(=O)C=C)cc2)c2ccc(NC(=O)OCCC(=C)C(=O)O)cc2)cc1. The van der Waals surface area contributed by atoms with E-state index in [1.165, 1.54) is 0 Å². The number of hydrogen-bond donors (Lipinski definition) is 4. The predicted octanol–water partition coefficient (Wildman–Crippen LogP) is 6.00. The molecule has 15 nitrogen and oxygen atoms in total. The molecule has 0 fully saturated rings. The molecule has 3 amide bonds. The Labute approximate surface area is 298 Å². The van der Waals surface area contributed by atoms with Crippen LogP contribution in [0.2, 0.25) is 0 Å². The van der Waals surface area contributed by atoms with Gasteiger partial charge in [-0.25, -0.2) is 28.8 Å². The Morgan fingerprint density at radius 2 is 0.846 bits per heavy atom. The molecule has 0 heterocycles. The van der Waals surface area contributed by atoms with E-state index in [1.54, 1.807) is 48.5 Å². The molecule has 0 aliphatic carbocycles. The number of anilines is 3. The van der Waals surface area contributed by atoms with Crippen molar-refractivity contribution in [2.45, 2.75) is 12.3 Å². The number of ether oxygens (including phenoxy) is 5. The van der Waals surface area contributed by atoms with Crippen molar-refractivity contribution in [3.8, 4) is 0 Å². The number of rotatable bonds is 18. The quantitative estimate of drug-likeness (QED) is 0.0394. The Balaban J connectivity index is 1.73. The molecule has 0 unspecified atom stereocenters. The van der Waals surface area contributed by atoms with Crippen LogP contribution in [0.25, 0.3) is 0 Å². The average Bonchev–Trinajstić information content (AvgIpc) is 3.13. The number of hydrogen-bond acceptors (Lipinski definition) is 11. The fourth-order valence-electron chi connectivity index (χ4n) is 4.36. The van der Waals surface area contributed by atoms with Gasteiger partial charge in [0.2, 0.25) is 0 Å². The Kier molecular flexibility index (Phi) is 15.6. The number of carbonyl (C=O) groups excluding carboxylic acids is 5. The van der Waals surface area contributed by atoms with E-state index in [0.717, 1.165) is 28.8 Å². The van der Waals surface area contributed by atoms with E-state index in [0.29, 0.717) is 17.1 Å². The predicted molar refractivity (Wildman–Crippen MR) is 189 cm³/mol. The van der Waals surface area contributed by atoms with Crippen LogP contribution < -0.4 is 16.0 Å². The smallest absolute Gasteiger partial charge is 0.411 e.